The Kier molecular flexibility index (Phi) is 9.79. The normalized spacial score (nSPS) is 17.7. The van der Waals surface area contributed by atoms with E-state index >= 15 is 8.78 Å². The lowest BCUT2D eigenvalue weighted by Gasteiger charge is -2.43. The Labute approximate surface area is 233 Å². The van der Waals surface area contributed by atoms with E-state index in [-0.39, 0.29) is 37.1 Å². The predicted octanol–water partition coefficient (Wildman–Crippen LogP) is 6.66. The fourth-order valence-electron chi connectivity index (χ4n) is 5.44. The molecule has 9 heteroatoms. The second kappa shape index (κ2) is 13.1. The highest BCUT2D eigenvalue weighted by molar-refractivity contribution is 5.85. The topological polar surface area (TPSA) is 63.8 Å². The minimum atomic E-state index is -1.56. The van der Waals surface area contributed by atoms with E-state index in [0.29, 0.717) is 31.7 Å². The maximum atomic E-state index is 15.7. The third-order valence-electron chi connectivity index (χ3n) is 7.13. The standard InChI is InChI=1S/C31H39F3N2O4/c1-5-39-27(37)18-38-13-9-6-10-14-40-21-16-24(32)28(25(33)17-21)30-29-23(22-11-7-8-12-26(22)35-29)15-20(2)36(30)19-31(3,4)34/h7-8,11-12,16-17,20,30,35H,5-6,9-10,13-15,18-19H2,1-4H3/t20-,30-/m1/s1. The molecular formula is C31H39F3N2O4. The smallest absolute Gasteiger partial charge is 0.332 e. The number of rotatable bonds is 13. The van der Waals surface area contributed by atoms with Crippen molar-refractivity contribution in [3.05, 3.63) is 64.9 Å². The van der Waals surface area contributed by atoms with E-state index in [1.54, 1.807) is 6.92 Å². The molecule has 2 aromatic carbocycles. The number of aromatic nitrogens is 1. The van der Waals surface area contributed by atoms with Gasteiger partial charge in [-0.05, 0) is 65.0 Å². The SMILES string of the molecule is CCOC(=O)COCCCCCOc1cc(F)c([C@@H]2c3[nH]c4ccccc4c3C[C@@H](C)N2CC(C)(C)F)c(F)c1. The van der Waals surface area contributed by atoms with Crippen LogP contribution in [0.1, 0.15) is 69.8 Å². The van der Waals surface area contributed by atoms with E-state index < -0.39 is 29.3 Å². The van der Waals surface area contributed by atoms with E-state index in [2.05, 4.69) is 4.98 Å². The van der Waals surface area contributed by atoms with Crippen molar-refractivity contribution in [3.63, 3.8) is 0 Å². The van der Waals surface area contributed by atoms with Gasteiger partial charge in [-0.2, -0.15) is 0 Å². The summed E-state index contributed by atoms with van der Waals surface area (Å²) in [6.07, 6.45) is 2.79. The molecule has 1 aliphatic rings. The summed E-state index contributed by atoms with van der Waals surface area (Å²) in [4.78, 5) is 16.5. The number of halogens is 3. The Morgan fingerprint density at radius 2 is 1.80 bits per heavy atom. The molecule has 0 fully saturated rings. The van der Waals surface area contributed by atoms with Gasteiger partial charge in [0.2, 0.25) is 0 Å². The van der Waals surface area contributed by atoms with Gasteiger partial charge in [-0.15, -0.1) is 0 Å². The molecule has 3 aromatic rings. The quantitative estimate of drug-likeness (QED) is 0.187. The van der Waals surface area contributed by atoms with Crippen molar-refractivity contribution in [1.82, 2.24) is 9.88 Å². The van der Waals surface area contributed by atoms with Crippen LogP contribution in [-0.4, -0.2) is 60.5 Å². The summed E-state index contributed by atoms with van der Waals surface area (Å²) in [5.74, 6) is -1.74. The molecular weight excluding hydrogens is 521 g/mol. The number of fused-ring (bicyclic) bond motifs is 3. The number of aromatic amines is 1. The summed E-state index contributed by atoms with van der Waals surface area (Å²) in [7, 11) is 0. The number of para-hydroxylation sites is 1. The first-order valence-electron chi connectivity index (χ1n) is 14.0. The number of hydrogen-bond acceptors (Lipinski definition) is 5. The van der Waals surface area contributed by atoms with Gasteiger partial charge in [-0.25, -0.2) is 18.0 Å². The van der Waals surface area contributed by atoms with Gasteiger partial charge in [0.05, 0.1) is 19.3 Å². The summed E-state index contributed by atoms with van der Waals surface area (Å²) in [6.45, 7) is 7.63. The van der Waals surface area contributed by atoms with Gasteiger partial charge in [-0.1, -0.05) is 18.2 Å². The van der Waals surface area contributed by atoms with Crippen molar-refractivity contribution in [2.45, 2.75) is 71.1 Å². The molecule has 1 aliphatic heterocycles. The van der Waals surface area contributed by atoms with Gasteiger partial charge < -0.3 is 19.2 Å². The van der Waals surface area contributed by atoms with Crippen LogP contribution in [0.25, 0.3) is 10.9 Å². The summed E-state index contributed by atoms with van der Waals surface area (Å²) < 4.78 is 62.1. The van der Waals surface area contributed by atoms with E-state index in [9.17, 15) is 9.18 Å². The van der Waals surface area contributed by atoms with Crippen LogP contribution in [0, 0.1) is 11.6 Å². The third kappa shape index (κ3) is 7.18. The van der Waals surface area contributed by atoms with Gasteiger partial charge in [0.25, 0.3) is 0 Å². The van der Waals surface area contributed by atoms with Crippen molar-refractivity contribution < 1.29 is 32.2 Å². The molecule has 0 bridgehead atoms. The molecule has 2 heterocycles. The van der Waals surface area contributed by atoms with Crippen molar-refractivity contribution in [1.29, 1.82) is 0 Å². The maximum absolute atomic E-state index is 15.7. The van der Waals surface area contributed by atoms with Crippen LogP contribution >= 0.6 is 0 Å². The first-order chi connectivity index (χ1) is 19.1. The maximum Gasteiger partial charge on any atom is 0.332 e. The summed E-state index contributed by atoms with van der Waals surface area (Å²) in [6, 6.07) is 9.26. The Balaban J connectivity index is 1.48. The highest BCUT2D eigenvalue weighted by atomic mass is 19.1. The number of nitrogens with zero attached hydrogens (tertiary/aromatic N) is 1. The number of hydrogen-bond donors (Lipinski definition) is 1. The Morgan fingerprint density at radius 1 is 1.10 bits per heavy atom. The second-order valence-electron chi connectivity index (χ2n) is 11.0. The first-order valence-corrected chi connectivity index (χ1v) is 14.0. The van der Waals surface area contributed by atoms with Crippen LogP contribution in [0.2, 0.25) is 0 Å². The molecule has 0 saturated carbocycles. The molecule has 0 amide bonds. The Bertz CT molecular complexity index is 1280. The van der Waals surface area contributed by atoms with Crippen LogP contribution in [-0.2, 0) is 20.7 Å². The van der Waals surface area contributed by atoms with Gasteiger partial charge in [-0.3, -0.25) is 4.90 Å². The number of benzene rings is 2. The zero-order chi connectivity index (χ0) is 28.9. The fourth-order valence-corrected chi connectivity index (χ4v) is 5.44. The third-order valence-corrected chi connectivity index (χ3v) is 7.13. The Morgan fingerprint density at radius 3 is 2.50 bits per heavy atom. The predicted molar refractivity (Wildman–Crippen MR) is 148 cm³/mol. The molecule has 0 saturated heterocycles. The molecule has 218 valence electrons. The van der Waals surface area contributed by atoms with Crippen molar-refractivity contribution in [2.75, 3.05) is 33.0 Å². The molecule has 6 nitrogen and oxygen atoms in total. The monoisotopic (exact) mass is 560 g/mol. The summed E-state index contributed by atoms with van der Waals surface area (Å²) in [5, 5.41) is 1.01. The molecule has 0 spiro atoms. The van der Waals surface area contributed by atoms with Gasteiger partial charge in [0, 0.05) is 53.5 Å². The lowest BCUT2D eigenvalue weighted by Crippen LogP contribution is -2.48. The number of unbranched alkanes of at least 4 members (excludes halogenated alkanes) is 2. The van der Waals surface area contributed by atoms with Gasteiger partial charge in [0.1, 0.15) is 29.7 Å². The number of ether oxygens (including phenoxy) is 3. The zero-order valence-corrected chi connectivity index (χ0v) is 23.7. The Hall–Kier alpha value is -3.04. The molecule has 1 N–H and O–H groups in total. The number of carbonyl (C=O) groups excluding carboxylic acids is 1. The molecule has 0 unspecified atom stereocenters. The van der Waals surface area contributed by atoms with Gasteiger partial charge >= 0.3 is 5.97 Å². The van der Waals surface area contributed by atoms with Crippen LogP contribution in [0.4, 0.5) is 13.2 Å². The average molecular weight is 561 g/mol. The summed E-state index contributed by atoms with van der Waals surface area (Å²) >= 11 is 0. The largest absolute Gasteiger partial charge is 0.493 e. The van der Waals surface area contributed by atoms with Gasteiger partial charge in [0.15, 0.2) is 0 Å². The van der Waals surface area contributed by atoms with Crippen LogP contribution in [0.15, 0.2) is 36.4 Å². The minimum Gasteiger partial charge on any atom is -0.493 e. The number of nitrogens with one attached hydrogen (secondary N) is 1. The fraction of sp³-hybridized carbons (Fsp3) is 0.516. The highest BCUT2D eigenvalue weighted by Gasteiger charge is 2.41. The number of carbonyl (C=O) groups is 1. The lowest BCUT2D eigenvalue weighted by atomic mass is 9.87. The van der Waals surface area contributed by atoms with Crippen LogP contribution < -0.4 is 4.74 Å². The number of esters is 1. The molecule has 0 radical (unpaired) electrons. The molecule has 1 aromatic heterocycles. The van der Waals surface area contributed by atoms with E-state index in [1.807, 2.05) is 36.1 Å². The number of H-pyrrole nitrogens is 1. The van der Waals surface area contributed by atoms with E-state index in [1.165, 1.54) is 26.0 Å². The second-order valence-corrected chi connectivity index (χ2v) is 11.0. The summed E-state index contributed by atoms with van der Waals surface area (Å²) in [5.41, 5.74) is 0.912. The van der Waals surface area contributed by atoms with Crippen molar-refractivity contribution in [3.8, 4) is 5.75 Å². The van der Waals surface area contributed by atoms with E-state index in [0.717, 1.165) is 29.3 Å². The van der Waals surface area contributed by atoms with Crippen molar-refractivity contribution in [2.24, 2.45) is 0 Å². The number of alkyl halides is 1. The molecule has 40 heavy (non-hydrogen) atoms. The lowest BCUT2D eigenvalue weighted by molar-refractivity contribution is -0.148. The molecule has 0 aliphatic carbocycles. The van der Waals surface area contributed by atoms with E-state index in [4.69, 9.17) is 14.2 Å². The average Bonchev–Trinajstić information content (AvgIpc) is 3.24. The van der Waals surface area contributed by atoms with Crippen molar-refractivity contribution >= 4 is 16.9 Å². The highest BCUT2D eigenvalue weighted by Crippen LogP contribution is 2.43. The molecule has 4 rings (SSSR count). The van der Waals surface area contributed by atoms with Crippen LogP contribution in [0.3, 0.4) is 0 Å². The minimum absolute atomic E-state index is 0.0221. The van der Waals surface area contributed by atoms with Crippen LogP contribution in [0.5, 0.6) is 5.75 Å². The zero-order valence-electron chi connectivity index (χ0n) is 23.7. The first kappa shape index (κ1) is 29.9. The molecule has 2 atom stereocenters.